The van der Waals surface area contributed by atoms with E-state index in [0.717, 1.165) is 16.2 Å². The van der Waals surface area contributed by atoms with Gasteiger partial charge in [0.15, 0.2) is 12.5 Å². The average molecular weight is 628 g/mol. The zero-order valence-corrected chi connectivity index (χ0v) is 23.5. The Labute approximate surface area is 226 Å². The third-order valence-electron chi connectivity index (χ3n) is 5.55. The standard InChI is InChI=1S/C20H27N2O15P3/c1-2-10-31-38(25,26)36-40(29,30)37-39(27,28)32-12-14-17-18(19(33-14)22-9-8-15(23)21-20(22)24)35-16(34-17)11-13-6-4-3-5-7-13/h3-9,14,16-19H,2,10-12H2,1H3,(H,25,26)(H,27,28)(H,29,30)(H,21,23,24)/t14-,16?,17+,18?,19-/m1/s1. The molecule has 222 valence electrons. The van der Waals surface area contributed by atoms with Crippen LogP contribution in [0, 0.1) is 0 Å². The molecule has 2 aromatic rings. The van der Waals surface area contributed by atoms with Crippen LogP contribution in [0.25, 0.3) is 0 Å². The molecule has 1 aromatic heterocycles. The summed E-state index contributed by atoms with van der Waals surface area (Å²) in [5.74, 6) is 0. The number of hydrogen-bond donors (Lipinski definition) is 4. The van der Waals surface area contributed by atoms with Crippen molar-refractivity contribution in [3.05, 3.63) is 69.0 Å². The molecule has 2 aliphatic heterocycles. The molecule has 20 heteroatoms. The lowest BCUT2D eigenvalue weighted by Crippen LogP contribution is -2.36. The maximum atomic E-state index is 12.4. The molecule has 0 spiro atoms. The number of phosphoric acid groups is 3. The Bertz CT molecular complexity index is 1430. The molecule has 40 heavy (non-hydrogen) atoms. The SMILES string of the molecule is CCCOP(=O)(O)OP(=O)(O)OP(=O)(O)OC[C@H]1O[C@@H](n2ccc(=O)[nH]c2=O)C2OC(Cc3ccccc3)O[C@H]21. The lowest BCUT2D eigenvalue weighted by atomic mass is 10.1. The van der Waals surface area contributed by atoms with Crippen molar-refractivity contribution < 1.29 is 60.3 Å². The van der Waals surface area contributed by atoms with Gasteiger partial charge < -0.3 is 28.9 Å². The predicted octanol–water partition coefficient (Wildman–Crippen LogP) is 1.56. The maximum absolute atomic E-state index is 12.4. The Morgan fingerprint density at radius 3 is 2.20 bits per heavy atom. The van der Waals surface area contributed by atoms with Gasteiger partial charge in [0, 0.05) is 18.7 Å². The van der Waals surface area contributed by atoms with Gasteiger partial charge >= 0.3 is 29.2 Å². The van der Waals surface area contributed by atoms with Gasteiger partial charge in [0.05, 0.1) is 13.2 Å². The second-order valence-electron chi connectivity index (χ2n) is 8.60. The van der Waals surface area contributed by atoms with Gasteiger partial charge in [-0.05, 0) is 12.0 Å². The van der Waals surface area contributed by atoms with Crippen LogP contribution < -0.4 is 11.2 Å². The minimum atomic E-state index is -5.63. The highest BCUT2D eigenvalue weighted by molar-refractivity contribution is 7.66. The molecule has 2 saturated heterocycles. The Morgan fingerprint density at radius 2 is 1.55 bits per heavy atom. The normalized spacial score (nSPS) is 28.9. The summed E-state index contributed by atoms with van der Waals surface area (Å²) in [6.07, 6.45) is -3.31. The number of fused-ring (bicyclic) bond motifs is 1. The van der Waals surface area contributed by atoms with Crippen molar-refractivity contribution in [3.63, 3.8) is 0 Å². The van der Waals surface area contributed by atoms with Gasteiger partial charge in [-0.1, -0.05) is 37.3 Å². The molecule has 2 aliphatic rings. The molecule has 0 saturated carbocycles. The van der Waals surface area contributed by atoms with Crippen LogP contribution in [0.2, 0.25) is 0 Å². The van der Waals surface area contributed by atoms with Crippen molar-refractivity contribution in [1.82, 2.24) is 9.55 Å². The Kier molecular flexibility index (Phi) is 9.80. The zero-order chi connectivity index (χ0) is 29.1. The number of ether oxygens (including phenoxy) is 3. The fourth-order valence-corrected chi connectivity index (χ4v) is 7.59. The number of nitrogens with zero attached hydrogens (tertiary/aromatic N) is 1. The van der Waals surface area contributed by atoms with Gasteiger partial charge in [-0.25, -0.2) is 18.5 Å². The van der Waals surface area contributed by atoms with E-state index >= 15 is 0 Å². The first kappa shape index (κ1) is 31.1. The predicted molar refractivity (Wildman–Crippen MR) is 133 cm³/mol. The van der Waals surface area contributed by atoms with E-state index in [1.807, 2.05) is 30.3 Å². The number of hydrogen-bond acceptors (Lipinski definition) is 12. The topological polar surface area (TPSA) is 231 Å². The molecule has 4 N–H and O–H groups in total. The quantitative estimate of drug-likeness (QED) is 0.231. The third kappa shape index (κ3) is 8.14. The summed E-state index contributed by atoms with van der Waals surface area (Å²) in [5, 5.41) is 0. The molecule has 5 unspecified atom stereocenters. The van der Waals surface area contributed by atoms with E-state index in [2.05, 4.69) is 18.1 Å². The summed E-state index contributed by atoms with van der Waals surface area (Å²) >= 11 is 0. The van der Waals surface area contributed by atoms with Crippen molar-refractivity contribution in [2.75, 3.05) is 13.2 Å². The average Bonchev–Trinajstić information content (AvgIpc) is 3.40. The van der Waals surface area contributed by atoms with E-state index in [1.54, 1.807) is 6.92 Å². The van der Waals surface area contributed by atoms with E-state index in [1.165, 1.54) is 6.20 Å². The Hall–Kier alpha value is -1.81. The first-order valence-corrected chi connectivity index (χ1v) is 16.3. The van der Waals surface area contributed by atoms with Crippen LogP contribution in [0.1, 0.15) is 25.1 Å². The van der Waals surface area contributed by atoms with Gasteiger partial charge in [0.25, 0.3) is 5.56 Å². The molecule has 2 fully saturated rings. The molecule has 4 rings (SSSR count). The van der Waals surface area contributed by atoms with Gasteiger partial charge in [0.1, 0.15) is 18.3 Å². The second kappa shape index (κ2) is 12.6. The van der Waals surface area contributed by atoms with E-state index in [9.17, 15) is 38.0 Å². The number of aromatic nitrogens is 2. The van der Waals surface area contributed by atoms with Crippen molar-refractivity contribution in [2.24, 2.45) is 0 Å². The van der Waals surface area contributed by atoms with Gasteiger partial charge in [-0.3, -0.25) is 23.4 Å². The first-order chi connectivity index (χ1) is 18.8. The summed E-state index contributed by atoms with van der Waals surface area (Å²) in [6.45, 7) is 0.491. The van der Waals surface area contributed by atoms with Crippen molar-refractivity contribution in [1.29, 1.82) is 0 Å². The number of nitrogens with one attached hydrogen (secondary N) is 1. The highest BCUT2D eigenvalue weighted by atomic mass is 31.3. The van der Waals surface area contributed by atoms with E-state index in [4.69, 9.17) is 18.7 Å². The highest BCUT2D eigenvalue weighted by Gasteiger charge is 2.54. The van der Waals surface area contributed by atoms with E-state index in [-0.39, 0.29) is 13.0 Å². The number of phosphoric ester groups is 2. The third-order valence-corrected chi connectivity index (χ3v) is 9.83. The number of H-pyrrole nitrogens is 1. The molecule has 0 amide bonds. The Morgan fingerprint density at radius 1 is 0.900 bits per heavy atom. The molecular weight excluding hydrogens is 601 g/mol. The number of rotatable bonds is 13. The zero-order valence-electron chi connectivity index (χ0n) is 20.8. The van der Waals surface area contributed by atoms with Crippen LogP contribution in [0.4, 0.5) is 0 Å². The summed E-state index contributed by atoms with van der Waals surface area (Å²) < 4.78 is 72.2. The lowest BCUT2D eigenvalue weighted by molar-refractivity contribution is -0.150. The molecule has 17 nitrogen and oxygen atoms in total. The van der Waals surface area contributed by atoms with Crippen molar-refractivity contribution in [3.8, 4) is 0 Å². The van der Waals surface area contributed by atoms with Crippen LogP contribution in [0.3, 0.4) is 0 Å². The summed E-state index contributed by atoms with van der Waals surface area (Å²) in [4.78, 5) is 55.2. The van der Waals surface area contributed by atoms with Crippen LogP contribution in [0.5, 0.6) is 0 Å². The maximum Gasteiger partial charge on any atom is 0.490 e. The van der Waals surface area contributed by atoms with Crippen LogP contribution in [0.15, 0.2) is 52.2 Å². The minimum Gasteiger partial charge on any atom is -0.346 e. The van der Waals surface area contributed by atoms with Gasteiger partial charge in [-0.2, -0.15) is 8.62 Å². The largest absolute Gasteiger partial charge is 0.490 e. The number of aromatic amines is 1. The second-order valence-corrected chi connectivity index (χ2v) is 13.2. The molecule has 8 atom stereocenters. The first-order valence-electron chi connectivity index (χ1n) is 11.8. The summed E-state index contributed by atoms with van der Waals surface area (Å²) in [7, 11) is -16.1. The summed E-state index contributed by atoms with van der Waals surface area (Å²) in [5.41, 5.74) is -0.598. The summed E-state index contributed by atoms with van der Waals surface area (Å²) in [6, 6.07) is 10.2. The molecule has 0 bridgehead atoms. The monoisotopic (exact) mass is 628 g/mol. The van der Waals surface area contributed by atoms with Crippen LogP contribution in [-0.4, -0.2) is 62.0 Å². The van der Waals surface area contributed by atoms with Crippen molar-refractivity contribution in [2.45, 2.75) is 50.6 Å². The molecule has 0 aliphatic carbocycles. The Balaban J connectivity index is 1.47. The van der Waals surface area contributed by atoms with Gasteiger partial charge in [0.2, 0.25) is 0 Å². The highest BCUT2D eigenvalue weighted by Crippen LogP contribution is 2.67. The minimum absolute atomic E-state index is 0.264. The van der Waals surface area contributed by atoms with Crippen molar-refractivity contribution >= 4 is 23.5 Å². The molecule has 3 heterocycles. The molecule has 0 radical (unpaired) electrons. The fourth-order valence-electron chi connectivity index (χ4n) is 3.99. The molecular formula is C20H27N2O15P3. The van der Waals surface area contributed by atoms with Gasteiger partial charge in [-0.15, -0.1) is 0 Å². The smallest absolute Gasteiger partial charge is 0.346 e. The van der Waals surface area contributed by atoms with E-state index in [0.29, 0.717) is 6.42 Å². The molecule has 1 aromatic carbocycles. The van der Waals surface area contributed by atoms with Crippen LogP contribution >= 0.6 is 23.5 Å². The van der Waals surface area contributed by atoms with Crippen LogP contribution in [-0.2, 0) is 52.0 Å². The van der Waals surface area contributed by atoms with E-state index < -0.39 is 72.2 Å². The number of benzene rings is 1. The fraction of sp³-hybridized carbons (Fsp3) is 0.500. The lowest BCUT2D eigenvalue weighted by Gasteiger charge is -2.22.